The van der Waals surface area contributed by atoms with Crippen LogP contribution in [0.25, 0.3) is 0 Å². The fraction of sp³-hybridized carbons (Fsp3) is 0.524. The second kappa shape index (κ2) is 8.93. The molecule has 2 aromatic heterocycles. The predicted octanol–water partition coefficient (Wildman–Crippen LogP) is 3.28. The summed E-state index contributed by atoms with van der Waals surface area (Å²) >= 11 is 0. The van der Waals surface area contributed by atoms with Crippen LogP contribution in [-0.2, 0) is 12.8 Å². The van der Waals surface area contributed by atoms with Crippen molar-refractivity contribution in [2.45, 2.75) is 58.4 Å². The van der Waals surface area contributed by atoms with Crippen molar-refractivity contribution >= 4 is 11.9 Å². The smallest absolute Gasteiger partial charge is 0.272 e. The summed E-state index contributed by atoms with van der Waals surface area (Å²) in [7, 11) is 0. The number of hydrogen-bond acceptors (Lipinski definition) is 5. The number of aromatic nitrogens is 3. The van der Waals surface area contributed by atoms with Gasteiger partial charge in [-0.3, -0.25) is 9.78 Å². The molecule has 3 heterocycles. The lowest BCUT2D eigenvalue weighted by molar-refractivity contribution is 0.0595. The number of pyridine rings is 1. The Bertz CT molecular complexity index is 762. The first kappa shape index (κ1) is 19.3. The molecular weight excluding hydrogens is 338 g/mol. The lowest BCUT2D eigenvalue weighted by Gasteiger charge is -2.35. The Morgan fingerprint density at radius 2 is 2.11 bits per heavy atom. The van der Waals surface area contributed by atoms with Gasteiger partial charge in [-0.25, -0.2) is 9.97 Å². The zero-order valence-electron chi connectivity index (χ0n) is 16.3. The Balaban J connectivity index is 1.74. The molecule has 144 valence electrons. The second-order valence-corrected chi connectivity index (χ2v) is 7.71. The third kappa shape index (κ3) is 5.25. The van der Waals surface area contributed by atoms with Crippen LogP contribution < -0.4 is 5.73 Å². The Labute approximate surface area is 161 Å². The van der Waals surface area contributed by atoms with Gasteiger partial charge in [-0.05, 0) is 62.6 Å². The normalized spacial score (nSPS) is 17.3. The van der Waals surface area contributed by atoms with E-state index in [0.717, 1.165) is 56.5 Å². The predicted molar refractivity (Wildman–Crippen MR) is 106 cm³/mol. The molecule has 0 bridgehead atoms. The number of likely N-dealkylation sites (tertiary alicyclic amines) is 1. The van der Waals surface area contributed by atoms with Crippen molar-refractivity contribution in [2.24, 2.45) is 5.92 Å². The van der Waals surface area contributed by atoms with Gasteiger partial charge in [0.25, 0.3) is 5.91 Å². The van der Waals surface area contributed by atoms with E-state index in [1.807, 2.05) is 35.4 Å². The lowest BCUT2D eigenvalue weighted by atomic mass is 9.96. The molecular formula is C21H29N5O. The van der Waals surface area contributed by atoms with E-state index in [0.29, 0.717) is 11.6 Å². The first-order valence-corrected chi connectivity index (χ1v) is 9.87. The monoisotopic (exact) mass is 367 g/mol. The summed E-state index contributed by atoms with van der Waals surface area (Å²) in [6, 6.07) is 8.00. The maximum absolute atomic E-state index is 13.2. The number of anilines is 1. The zero-order valence-corrected chi connectivity index (χ0v) is 16.3. The molecule has 1 saturated heterocycles. The molecule has 1 amide bonds. The standard InChI is InChI=1S/C21H29N5O/c1-15(2)13-17-14-19(25-21(22)24-17)20(27)26-12-6-4-8-18(26)10-9-16-7-3-5-11-23-16/h3,5,7,11,14-15,18H,4,6,8-10,12-13H2,1-2H3,(H2,22,24,25). The summed E-state index contributed by atoms with van der Waals surface area (Å²) in [6.45, 7) is 5.02. The van der Waals surface area contributed by atoms with Crippen LogP contribution in [0.4, 0.5) is 5.95 Å². The Kier molecular flexibility index (Phi) is 6.37. The third-order valence-corrected chi connectivity index (χ3v) is 4.98. The molecule has 2 N–H and O–H groups in total. The lowest BCUT2D eigenvalue weighted by Crippen LogP contribution is -2.44. The number of piperidine rings is 1. The van der Waals surface area contributed by atoms with E-state index in [1.54, 1.807) is 0 Å². The molecule has 6 heteroatoms. The molecule has 2 aromatic rings. The van der Waals surface area contributed by atoms with Crippen molar-refractivity contribution in [3.05, 3.63) is 47.5 Å². The van der Waals surface area contributed by atoms with Gasteiger partial charge in [0.2, 0.25) is 5.95 Å². The van der Waals surface area contributed by atoms with Gasteiger partial charge in [0.15, 0.2) is 0 Å². The zero-order chi connectivity index (χ0) is 19.2. The first-order valence-electron chi connectivity index (χ1n) is 9.87. The van der Waals surface area contributed by atoms with Crippen LogP contribution in [-0.4, -0.2) is 38.3 Å². The molecule has 0 aromatic carbocycles. The number of aryl methyl sites for hydroxylation is 1. The highest BCUT2D eigenvalue weighted by Gasteiger charge is 2.28. The number of carbonyl (C=O) groups excluding carboxylic acids is 1. The summed E-state index contributed by atoms with van der Waals surface area (Å²) in [5.74, 6) is 0.599. The third-order valence-electron chi connectivity index (χ3n) is 4.98. The molecule has 0 radical (unpaired) electrons. The van der Waals surface area contributed by atoms with Gasteiger partial charge in [-0.15, -0.1) is 0 Å². The highest BCUT2D eigenvalue weighted by atomic mass is 16.2. The van der Waals surface area contributed by atoms with Crippen LogP contribution in [0.5, 0.6) is 0 Å². The summed E-state index contributed by atoms with van der Waals surface area (Å²) in [5, 5.41) is 0. The number of nitrogens with zero attached hydrogens (tertiary/aromatic N) is 4. The van der Waals surface area contributed by atoms with E-state index < -0.39 is 0 Å². The molecule has 1 aliphatic rings. The van der Waals surface area contributed by atoms with E-state index in [9.17, 15) is 4.79 Å². The highest BCUT2D eigenvalue weighted by molar-refractivity contribution is 5.93. The maximum Gasteiger partial charge on any atom is 0.272 e. The summed E-state index contributed by atoms with van der Waals surface area (Å²) in [4.78, 5) is 28.1. The maximum atomic E-state index is 13.2. The summed E-state index contributed by atoms with van der Waals surface area (Å²) in [6.07, 6.45) is 7.61. The summed E-state index contributed by atoms with van der Waals surface area (Å²) in [5.41, 5.74) is 8.20. The Hall–Kier alpha value is -2.50. The molecule has 1 fully saturated rings. The molecule has 0 saturated carbocycles. The van der Waals surface area contributed by atoms with Gasteiger partial charge < -0.3 is 10.6 Å². The molecule has 6 nitrogen and oxygen atoms in total. The number of hydrogen-bond donors (Lipinski definition) is 1. The fourth-order valence-electron chi connectivity index (χ4n) is 3.73. The molecule has 0 aliphatic carbocycles. The number of nitrogen functional groups attached to an aromatic ring is 1. The fourth-order valence-corrected chi connectivity index (χ4v) is 3.73. The van der Waals surface area contributed by atoms with Crippen molar-refractivity contribution in [1.82, 2.24) is 19.9 Å². The average Bonchev–Trinajstić information content (AvgIpc) is 2.66. The van der Waals surface area contributed by atoms with E-state index in [4.69, 9.17) is 5.73 Å². The molecule has 1 atom stereocenters. The molecule has 0 spiro atoms. The number of rotatable bonds is 6. The van der Waals surface area contributed by atoms with E-state index >= 15 is 0 Å². The quantitative estimate of drug-likeness (QED) is 0.847. The molecule has 1 aliphatic heterocycles. The van der Waals surface area contributed by atoms with Crippen molar-refractivity contribution in [2.75, 3.05) is 12.3 Å². The average molecular weight is 367 g/mol. The first-order chi connectivity index (χ1) is 13.0. The molecule has 1 unspecified atom stereocenters. The van der Waals surface area contributed by atoms with Crippen LogP contribution in [0.1, 0.15) is 61.4 Å². The number of amides is 1. The van der Waals surface area contributed by atoms with Gasteiger partial charge in [-0.1, -0.05) is 19.9 Å². The minimum Gasteiger partial charge on any atom is -0.368 e. The van der Waals surface area contributed by atoms with Crippen molar-refractivity contribution in [3.63, 3.8) is 0 Å². The number of nitrogens with two attached hydrogens (primary N) is 1. The topological polar surface area (TPSA) is 85.0 Å². The SMILES string of the molecule is CC(C)Cc1cc(C(=O)N2CCCCC2CCc2ccccn2)nc(N)n1. The summed E-state index contributed by atoms with van der Waals surface area (Å²) < 4.78 is 0. The minimum atomic E-state index is -0.0279. The minimum absolute atomic E-state index is 0.0279. The van der Waals surface area contributed by atoms with Gasteiger partial charge in [0.1, 0.15) is 5.69 Å². The van der Waals surface area contributed by atoms with Crippen molar-refractivity contribution in [3.8, 4) is 0 Å². The highest BCUT2D eigenvalue weighted by Crippen LogP contribution is 2.23. The van der Waals surface area contributed by atoms with Gasteiger partial charge in [0.05, 0.1) is 0 Å². The Morgan fingerprint density at radius 3 is 2.85 bits per heavy atom. The molecule has 27 heavy (non-hydrogen) atoms. The van der Waals surface area contributed by atoms with Gasteiger partial charge in [0, 0.05) is 30.2 Å². The largest absolute Gasteiger partial charge is 0.368 e. The van der Waals surface area contributed by atoms with E-state index in [-0.39, 0.29) is 17.9 Å². The van der Waals surface area contributed by atoms with Crippen LogP contribution in [0, 0.1) is 5.92 Å². The van der Waals surface area contributed by atoms with Crippen LogP contribution >= 0.6 is 0 Å². The van der Waals surface area contributed by atoms with Crippen LogP contribution in [0.3, 0.4) is 0 Å². The van der Waals surface area contributed by atoms with E-state index in [2.05, 4.69) is 28.8 Å². The molecule has 3 rings (SSSR count). The van der Waals surface area contributed by atoms with E-state index in [1.165, 1.54) is 0 Å². The van der Waals surface area contributed by atoms with Gasteiger partial charge in [-0.2, -0.15) is 0 Å². The Morgan fingerprint density at radius 1 is 1.26 bits per heavy atom. The second-order valence-electron chi connectivity index (χ2n) is 7.71. The van der Waals surface area contributed by atoms with Gasteiger partial charge >= 0.3 is 0 Å². The van der Waals surface area contributed by atoms with Crippen molar-refractivity contribution in [1.29, 1.82) is 0 Å². The van der Waals surface area contributed by atoms with Crippen molar-refractivity contribution < 1.29 is 4.79 Å². The van der Waals surface area contributed by atoms with Crippen LogP contribution in [0.2, 0.25) is 0 Å². The van der Waals surface area contributed by atoms with Crippen LogP contribution in [0.15, 0.2) is 30.5 Å². The number of carbonyl (C=O) groups is 1.